The normalized spacial score (nSPS) is 13.7. The average Bonchev–Trinajstić information content (AvgIpc) is 3.32. The number of rotatable bonds is 8. The third kappa shape index (κ3) is 3.46. The molecule has 2 aromatic rings. The number of thioether (sulfide) groups is 1. The van der Waals surface area contributed by atoms with Crippen LogP contribution in [0.2, 0.25) is 0 Å². The standard InChI is InChI=1S/C18H22N4O3S/c1-5-8-22-16(12-6-7-12)20-21-18(22)26-9-13(23)15-10(2)14(11(3)19-15)17(24)25-4/h5,12,19H,1,6-9H2,2-4H3. The van der Waals surface area contributed by atoms with Gasteiger partial charge in [0.1, 0.15) is 5.82 Å². The van der Waals surface area contributed by atoms with Crippen molar-refractivity contribution < 1.29 is 14.3 Å². The lowest BCUT2D eigenvalue weighted by molar-refractivity contribution is 0.0599. The molecule has 0 spiro atoms. The molecule has 0 saturated heterocycles. The number of aromatic amines is 1. The molecule has 0 radical (unpaired) electrons. The summed E-state index contributed by atoms with van der Waals surface area (Å²) in [6.07, 6.45) is 4.08. The summed E-state index contributed by atoms with van der Waals surface area (Å²) >= 11 is 1.35. The van der Waals surface area contributed by atoms with Crippen molar-refractivity contribution in [1.29, 1.82) is 0 Å². The molecule has 1 fully saturated rings. The zero-order chi connectivity index (χ0) is 18.8. The Labute approximate surface area is 156 Å². The van der Waals surface area contributed by atoms with Crippen LogP contribution in [-0.4, -0.2) is 44.4 Å². The number of ether oxygens (including phenoxy) is 1. The van der Waals surface area contributed by atoms with E-state index in [9.17, 15) is 9.59 Å². The van der Waals surface area contributed by atoms with Crippen LogP contribution in [-0.2, 0) is 11.3 Å². The first-order valence-electron chi connectivity index (χ1n) is 8.45. The fourth-order valence-corrected chi connectivity index (χ4v) is 3.82. The van der Waals surface area contributed by atoms with Gasteiger partial charge < -0.3 is 14.3 Å². The number of aryl methyl sites for hydroxylation is 1. The summed E-state index contributed by atoms with van der Waals surface area (Å²) in [4.78, 5) is 27.5. The van der Waals surface area contributed by atoms with Gasteiger partial charge in [0, 0.05) is 18.2 Å². The molecule has 2 heterocycles. The van der Waals surface area contributed by atoms with E-state index in [4.69, 9.17) is 4.74 Å². The second kappa shape index (κ2) is 7.49. The van der Waals surface area contributed by atoms with E-state index in [0.29, 0.717) is 40.1 Å². The number of carbonyl (C=O) groups excluding carboxylic acids is 2. The summed E-state index contributed by atoms with van der Waals surface area (Å²) in [7, 11) is 1.33. The largest absolute Gasteiger partial charge is 0.465 e. The van der Waals surface area contributed by atoms with Gasteiger partial charge in [0.2, 0.25) is 0 Å². The van der Waals surface area contributed by atoms with Crippen molar-refractivity contribution in [3.8, 4) is 0 Å². The summed E-state index contributed by atoms with van der Waals surface area (Å²) in [6, 6.07) is 0. The lowest BCUT2D eigenvalue weighted by Gasteiger charge is -2.06. The fraction of sp³-hybridized carbons (Fsp3) is 0.444. The Morgan fingerprint density at radius 2 is 2.12 bits per heavy atom. The Morgan fingerprint density at radius 1 is 1.38 bits per heavy atom. The fourth-order valence-electron chi connectivity index (χ4n) is 2.99. The van der Waals surface area contributed by atoms with Crippen LogP contribution in [0.25, 0.3) is 0 Å². The first kappa shape index (κ1) is 18.4. The van der Waals surface area contributed by atoms with Gasteiger partial charge in [-0.3, -0.25) is 4.79 Å². The number of nitrogens with one attached hydrogen (secondary N) is 1. The Morgan fingerprint density at radius 3 is 2.73 bits per heavy atom. The predicted octanol–water partition coefficient (Wildman–Crippen LogP) is 3.05. The van der Waals surface area contributed by atoms with Crippen molar-refractivity contribution in [3.63, 3.8) is 0 Å². The van der Waals surface area contributed by atoms with E-state index in [1.165, 1.54) is 18.9 Å². The average molecular weight is 374 g/mol. The number of aromatic nitrogens is 4. The molecule has 138 valence electrons. The third-order valence-corrected chi connectivity index (χ3v) is 5.40. The molecule has 2 aromatic heterocycles. The van der Waals surface area contributed by atoms with Crippen LogP contribution in [0.5, 0.6) is 0 Å². The summed E-state index contributed by atoms with van der Waals surface area (Å²) in [5.74, 6) is 1.12. The molecule has 1 N–H and O–H groups in total. The van der Waals surface area contributed by atoms with Crippen molar-refractivity contribution >= 4 is 23.5 Å². The molecule has 0 atom stereocenters. The van der Waals surface area contributed by atoms with Crippen LogP contribution in [0.15, 0.2) is 17.8 Å². The first-order valence-corrected chi connectivity index (χ1v) is 9.43. The second-order valence-corrected chi connectivity index (χ2v) is 7.29. The molecule has 1 aliphatic carbocycles. The van der Waals surface area contributed by atoms with Gasteiger partial charge in [0.05, 0.1) is 24.1 Å². The van der Waals surface area contributed by atoms with Crippen molar-refractivity contribution in [1.82, 2.24) is 19.7 Å². The molecule has 8 heteroatoms. The number of nitrogens with zero attached hydrogens (tertiary/aromatic N) is 3. The minimum atomic E-state index is -0.442. The molecular formula is C18H22N4O3S. The van der Waals surface area contributed by atoms with Gasteiger partial charge in [0.15, 0.2) is 10.9 Å². The van der Waals surface area contributed by atoms with Crippen molar-refractivity contribution in [3.05, 3.63) is 41.0 Å². The summed E-state index contributed by atoms with van der Waals surface area (Å²) in [5.41, 5.74) is 2.11. The minimum absolute atomic E-state index is 0.0909. The maximum Gasteiger partial charge on any atom is 0.339 e. The minimum Gasteiger partial charge on any atom is -0.465 e. The molecule has 3 rings (SSSR count). The molecule has 0 aromatic carbocycles. The maximum atomic E-state index is 12.7. The highest BCUT2D eigenvalue weighted by molar-refractivity contribution is 7.99. The zero-order valence-electron chi connectivity index (χ0n) is 15.2. The molecular weight excluding hydrogens is 352 g/mol. The van der Waals surface area contributed by atoms with Crippen LogP contribution in [0.3, 0.4) is 0 Å². The number of methoxy groups -OCH3 is 1. The van der Waals surface area contributed by atoms with E-state index in [1.807, 2.05) is 10.6 Å². The van der Waals surface area contributed by atoms with E-state index in [-0.39, 0.29) is 11.5 Å². The Balaban J connectivity index is 1.76. The quantitative estimate of drug-likeness (QED) is 0.331. The lowest BCUT2D eigenvalue weighted by Crippen LogP contribution is -2.08. The SMILES string of the molecule is C=CCn1c(SCC(=O)c2[nH]c(C)c(C(=O)OC)c2C)nnc1C1CC1. The third-order valence-electron chi connectivity index (χ3n) is 4.44. The predicted molar refractivity (Wildman–Crippen MR) is 98.9 cm³/mol. The highest BCUT2D eigenvalue weighted by atomic mass is 32.2. The number of H-pyrrole nitrogens is 1. The highest BCUT2D eigenvalue weighted by Crippen LogP contribution is 2.40. The molecule has 7 nitrogen and oxygen atoms in total. The monoisotopic (exact) mass is 374 g/mol. The van der Waals surface area contributed by atoms with Gasteiger partial charge in [-0.1, -0.05) is 17.8 Å². The molecule has 0 unspecified atom stereocenters. The van der Waals surface area contributed by atoms with Gasteiger partial charge in [-0.2, -0.15) is 0 Å². The number of allylic oxidation sites excluding steroid dienone is 1. The number of esters is 1. The summed E-state index contributed by atoms with van der Waals surface area (Å²) in [6.45, 7) is 7.92. The summed E-state index contributed by atoms with van der Waals surface area (Å²) in [5, 5.41) is 9.24. The Hall–Kier alpha value is -2.35. The van der Waals surface area contributed by atoms with Crippen molar-refractivity contribution in [2.75, 3.05) is 12.9 Å². The topological polar surface area (TPSA) is 89.9 Å². The number of hydrogen-bond acceptors (Lipinski definition) is 6. The van der Waals surface area contributed by atoms with Gasteiger partial charge in [-0.25, -0.2) is 4.79 Å². The van der Waals surface area contributed by atoms with E-state index in [0.717, 1.165) is 18.7 Å². The van der Waals surface area contributed by atoms with Gasteiger partial charge in [-0.05, 0) is 32.3 Å². The van der Waals surface area contributed by atoms with E-state index < -0.39 is 5.97 Å². The molecule has 0 aliphatic heterocycles. The lowest BCUT2D eigenvalue weighted by atomic mass is 10.1. The Bertz CT molecular complexity index is 864. The maximum absolute atomic E-state index is 12.7. The number of ketones is 1. The van der Waals surface area contributed by atoms with Crippen LogP contribution in [0, 0.1) is 13.8 Å². The summed E-state index contributed by atoms with van der Waals surface area (Å²) < 4.78 is 6.81. The van der Waals surface area contributed by atoms with Crippen LogP contribution in [0.1, 0.15) is 56.7 Å². The van der Waals surface area contributed by atoms with Crippen molar-refractivity contribution in [2.45, 2.75) is 44.3 Å². The number of hydrogen-bond donors (Lipinski definition) is 1. The smallest absolute Gasteiger partial charge is 0.339 e. The molecule has 1 saturated carbocycles. The van der Waals surface area contributed by atoms with Gasteiger partial charge in [0.25, 0.3) is 0 Å². The second-order valence-electron chi connectivity index (χ2n) is 6.34. The first-order chi connectivity index (χ1) is 12.5. The van der Waals surface area contributed by atoms with E-state index in [2.05, 4.69) is 21.8 Å². The van der Waals surface area contributed by atoms with Crippen molar-refractivity contribution in [2.24, 2.45) is 0 Å². The van der Waals surface area contributed by atoms with E-state index in [1.54, 1.807) is 13.8 Å². The molecule has 1 aliphatic rings. The molecule has 0 bridgehead atoms. The Kier molecular flexibility index (Phi) is 5.31. The van der Waals surface area contributed by atoms with Crippen LogP contribution in [0.4, 0.5) is 0 Å². The van der Waals surface area contributed by atoms with Gasteiger partial charge >= 0.3 is 5.97 Å². The van der Waals surface area contributed by atoms with Crippen LogP contribution >= 0.6 is 11.8 Å². The molecule has 0 amide bonds. The van der Waals surface area contributed by atoms with Crippen LogP contribution < -0.4 is 0 Å². The number of carbonyl (C=O) groups is 2. The highest BCUT2D eigenvalue weighted by Gasteiger charge is 2.30. The van der Waals surface area contributed by atoms with Gasteiger partial charge in [-0.15, -0.1) is 16.8 Å². The number of Topliss-reactive ketones (excluding diaryl/α,β-unsaturated/α-hetero) is 1. The zero-order valence-corrected chi connectivity index (χ0v) is 16.0. The molecule has 26 heavy (non-hydrogen) atoms. The van der Waals surface area contributed by atoms with E-state index >= 15 is 0 Å².